The number of para-hydroxylation sites is 1. The van der Waals surface area contributed by atoms with Gasteiger partial charge < -0.3 is 19.3 Å². The molecule has 0 N–H and O–H groups in total. The molecule has 2 heterocycles. The van der Waals surface area contributed by atoms with Gasteiger partial charge in [0.15, 0.2) is 0 Å². The van der Waals surface area contributed by atoms with E-state index in [-0.39, 0.29) is 0 Å². The molecule has 0 fully saturated rings. The maximum atomic E-state index is 7.98. The lowest BCUT2D eigenvalue weighted by molar-refractivity contribution is 0.447. The van der Waals surface area contributed by atoms with Crippen LogP contribution < -0.4 is 19.3 Å². The fourth-order valence-corrected chi connectivity index (χ4v) is 22.2. The third kappa shape index (κ3) is 11.4. The summed E-state index contributed by atoms with van der Waals surface area (Å²) < 4.78 is 15.5. The fraction of sp³-hybridized carbons (Fsp3) is 0.0159. The van der Waals surface area contributed by atoms with Gasteiger partial charge in [0.25, 0.3) is 0 Å². The fourth-order valence-electron chi connectivity index (χ4n) is 22.2. The van der Waals surface area contributed by atoms with E-state index in [0.717, 1.165) is 178 Å². The van der Waals surface area contributed by atoms with Crippen molar-refractivity contribution in [1.82, 2.24) is 0 Å². The summed E-state index contributed by atoms with van der Waals surface area (Å²) in [5.41, 5.74) is 34.5. The lowest BCUT2D eigenvalue weighted by Gasteiger charge is -2.40. The molecule has 22 aromatic carbocycles. The summed E-state index contributed by atoms with van der Waals surface area (Å²) in [7, 11) is 0. The van der Waals surface area contributed by atoms with E-state index in [2.05, 4.69) is 495 Å². The molecule has 0 bridgehead atoms. The molecule has 2 aliphatic carbocycles. The van der Waals surface area contributed by atoms with Crippen molar-refractivity contribution in [2.24, 2.45) is 0 Å². The number of hydrogen-bond donors (Lipinski definition) is 0. The van der Waals surface area contributed by atoms with E-state index in [4.69, 9.17) is 9.47 Å². The highest BCUT2D eigenvalue weighted by Gasteiger charge is 2.55. The minimum absolute atomic E-state index is 0.780. The molecule has 2 aliphatic heterocycles. The van der Waals surface area contributed by atoms with Crippen LogP contribution in [0.2, 0.25) is 0 Å². The summed E-state index contributed by atoms with van der Waals surface area (Å²) >= 11 is 0. The Kier molecular flexibility index (Phi) is 17.1. The Morgan fingerprint density at radius 3 is 0.938 bits per heavy atom. The lowest BCUT2D eigenvalue weighted by Crippen LogP contribution is -2.32. The Labute approximate surface area is 755 Å². The van der Waals surface area contributed by atoms with Crippen molar-refractivity contribution in [3.63, 3.8) is 0 Å². The van der Waals surface area contributed by atoms with Crippen molar-refractivity contribution in [1.29, 1.82) is 0 Å². The van der Waals surface area contributed by atoms with Crippen LogP contribution in [-0.2, 0) is 10.8 Å². The van der Waals surface area contributed by atoms with Gasteiger partial charge in [-0.15, -0.1) is 0 Å². The number of rotatable bonds is 13. The van der Waals surface area contributed by atoms with Crippen LogP contribution >= 0.6 is 0 Å². The van der Waals surface area contributed by atoms with Gasteiger partial charge in [0.1, 0.15) is 23.0 Å². The summed E-state index contributed by atoms with van der Waals surface area (Å²) in [5.74, 6) is 3.47. The molecule has 0 amide bonds. The smallest absolute Gasteiger partial charge is 0.140 e. The van der Waals surface area contributed by atoms with Gasteiger partial charge in [-0.05, 0) is 200 Å². The molecule has 1 unspecified atom stereocenters. The molecule has 0 saturated carbocycles. The molecule has 0 saturated heterocycles. The van der Waals surface area contributed by atoms with Crippen LogP contribution in [0.25, 0.3) is 143 Å². The first-order valence-electron chi connectivity index (χ1n) is 44.9. The molecule has 4 nitrogen and oxygen atoms in total. The largest absolute Gasteiger partial charge is 0.455 e. The molecular weight excluding hydrogens is 1570 g/mol. The predicted octanol–water partition coefficient (Wildman–Crippen LogP) is 33.8. The van der Waals surface area contributed by atoms with E-state index in [1.165, 1.54) is 66.8 Å². The van der Waals surface area contributed by atoms with Crippen LogP contribution in [0.4, 0.5) is 34.1 Å². The van der Waals surface area contributed by atoms with Gasteiger partial charge in [0.05, 0.1) is 22.2 Å². The van der Waals surface area contributed by atoms with Gasteiger partial charge in [-0.25, -0.2) is 0 Å². The Hall–Kier alpha value is -16.9. The van der Waals surface area contributed by atoms with Crippen molar-refractivity contribution in [2.75, 3.05) is 9.80 Å². The Balaban J connectivity index is 0.638. The Morgan fingerprint density at radius 1 is 0.162 bits per heavy atom. The number of nitrogens with zero attached hydrogens (tertiary/aromatic N) is 2. The molecule has 2 spiro atoms. The monoisotopic (exact) mass is 1650 g/mol. The molecule has 0 aromatic heterocycles. The van der Waals surface area contributed by atoms with Crippen molar-refractivity contribution in [3.05, 3.63) is 530 Å². The quantitative estimate of drug-likeness (QED) is 0.115. The van der Waals surface area contributed by atoms with Crippen LogP contribution in [-0.4, -0.2) is 0 Å². The zero-order valence-corrected chi connectivity index (χ0v) is 70.9. The highest BCUT2D eigenvalue weighted by molar-refractivity contribution is 6.09. The zero-order chi connectivity index (χ0) is 85.5. The zero-order valence-electron chi connectivity index (χ0n) is 70.9. The van der Waals surface area contributed by atoms with Crippen molar-refractivity contribution < 1.29 is 9.47 Å². The molecule has 606 valence electrons. The Bertz CT molecular complexity index is 8230. The lowest BCUT2D eigenvalue weighted by atomic mass is 9.65. The second kappa shape index (κ2) is 29.9. The van der Waals surface area contributed by atoms with Crippen LogP contribution in [0.1, 0.15) is 44.5 Å². The summed E-state index contributed by atoms with van der Waals surface area (Å²) in [5, 5.41) is 8.72. The number of fused-ring (bicyclic) bond motifs is 26. The Morgan fingerprint density at radius 2 is 0.469 bits per heavy atom. The minimum atomic E-state index is -0.857. The topological polar surface area (TPSA) is 24.9 Å². The van der Waals surface area contributed by atoms with Crippen LogP contribution in [0.3, 0.4) is 0 Å². The first-order chi connectivity index (χ1) is 64.5. The SMILES string of the molecule is c1ccc(-c2ccc(-c3ccc(-c4ccc(N(c5ccccc5)c5cccc6c5-c5ccccc5C65c6ccc7ccccc7c6Oc6c5ccc5cccc(-c7cccc(-c8cc(N(c9ccc(-c%10ccccc%10)cc9)c9cccc%10c9-c9ccccc9C%109c%10ccc%11ccccc%11c%10Oc%10c9ccc9ccccc%109)ccc8-c8ccccc8)c7)c65)cc4)cc3)cc2)cc1. The molecule has 130 heavy (non-hydrogen) atoms. The average molecular weight is 1650 g/mol. The maximum Gasteiger partial charge on any atom is 0.140 e. The average Bonchev–Trinajstić information content (AvgIpc) is 1.49. The molecule has 22 aromatic rings. The van der Waals surface area contributed by atoms with Crippen LogP contribution in [0.5, 0.6) is 23.0 Å². The molecule has 26 rings (SSSR count). The molecule has 4 heteroatoms. The number of benzene rings is 22. The van der Waals surface area contributed by atoms with E-state index < -0.39 is 10.8 Å². The number of ether oxygens (including phenoxy) is 2. The summed E-state index contributed by atoms with van der Waals surface area (Å²) in [6.07, 6.45) is 0. The summed E-state index contributed by atoms with van der Waals surface area (Å²) in [6.45, 7) is 0. The van der Waals surface area contributed by atoms with Crippen LogP contribution in [0, 0.1) is 0 Å². The second-order valence-electron chi connectivity index (χ2n) is 34.7. The number of anilines is 6. The van der Waals surface area contributed by atoms with Gasteiger partial charge in [-0.3, -0.25) is 0 Å². The number of hydrogen-bond acceptors (Lipinski definition) is 4. The molecular formula is C126H80N2O2. The van der Waals surface area contributed by atoms with Crippen molar-refractivity contribution in [2.45, 2.75) is 10.8 Å². The second-order valence-corrected chi connectivity index (χ2v) is 34.7. The first kappa shape index (κ1) is 74.5. The standard InChI is InChI=1S/C126H80N2O2/c1-5-27-81(28-6-1)83-53-55-84(56-54-83)85-57-59-86(60-58-85)88-63-69-97(70-64-88)127(96-39-11-4-12-40-96)116-51-25-50-111-119(116)106-45-20-22-48-109(106)126(111)114-77-67-92-35-15-18-43-104(92)123(114)130-124-115(126)78-68-93-36-24-46-101(118(93)124)94-37-23-38-95(79-94)107-80-99(73-74-100(107)89-31-9-3-10-32-89)128(98-71-61-87(62-72-98)82-29-7-2-8-30-82)117-52-26-49-110-120(117)105-44-19-21-47-108(105)125(110)112-75-65-90-33-13-16-41-102(90)121(112)129-122-103-42-17-14-34-91(103)66-76-113(122)125/h1-80H. The third-order valence-corrected chi connectivity index (χ3v) is 28.0. The highest BCUT2D eigenvalue weighted by Crippen LogP contribution is 2.69. The normalized spacial score (nSPS) is 13.8. The van der Waals surface area contributed by atoms with Gasteiger partial charge >= 0.3 is 0 Å². The molecule has 0 radical (unpaired) electrons. The third-order valence-electron chi connectivity index (χ3n) is 28.0. The highest BCUT2D eigenvalue weighted by atomic mass is 16.5. The van der Waals surface area contributed by atoms with E-state index in [9.17, 15) is 0 Å². The first-order valence-corrected chi connectivity index (χ1v) is 44.9. The van der Waals surface area contributed by atoms with Gasteiger partial charge in [-0.1, -0.05) is 419 Å². The summed E-state index contributed by atoms with van der Waals surface area (Å²) in [4.78, 5) is 4.98. The van der Waals surface area contributed by atoms with Crippen molar-refractivity contribution >= 4 is 77.2 Å². The van der Waals surface area contributed by atoms with E-state index in [1.807, 2.05) is 0 Å². The van der Waals surface area contributed by atoms with Crippen LogP contribution in [0.15, 0.2) is 485 Å². The van der Waals surface area contributed by atoms with E-state index in [1.54, 1.807) is 0 Å². The molecule has 1 atom stereocenters. The predicted molar refractivity (Wildman–Crippen MR) is 539 cm³/mol. The van der Waals surface area contributed by atoms with E-state index >= 15 is 0 Å². The van der Waals surface area contributed by atoms with Gasteiger partial charge in [0, 0.05) is 77.7 Å². The molecule has 4 aliphatic rings. The van der Waals surface area contributed by atoms with Gasteiger partial charge in [-0.2, -0.15) is 0 Å². The maximum absolute atomic E-state index is 7.98. The summed E-state index contributed by atoms with van der Waals surface area (Å²) in [6, 6.07) is 180. The van der Waals surface area contributed by atoms with E-state index in [0.29, 0.717) is 0 Å². The minimum Gasteiger partial charge on any atom is -0.455 e. The van der Waals surface area contributed by atoms with Crippen molar-refractivity contribution in [3.8, 4) is 123 Å². The van der Waals surface area contributed by atoms with Gasteiger partial charge in [0.2, 0.25) is 0 Å².